The molecule has 8 heteroatoms. The SMILES string of the molecule is CN(CCNC1CC1)c1nnc(C(F)(F)F)s1. The van der Waals surface area contributed by atoms with Crippen molar-refractivity contribution in [3.63, 3.8) is 0 Å². The third-order valence-electron chi connectivity index (χ3n) is 2.44. The normalized spacial score (nSPS) is 16.2. The van der Waals surface area contributed by atoms with Gasteiger partial charge in [-0.25, -0.2) is 0 Å². The molecule has 0 bridgehead atoms. The highest BCUT2D eigenvalue weighted by molar-refractivity contribution is 7.15. The Hall–Kier alpha value is -0.890. The average Bonchev–Trinajstić information content (AvgIpc) is 2.91. The van der Waals surface area contributed by atoms with E-state index in [0.29, 0.717) is 29.1 Å². The Morgan fingerprint density at radius 3 is 2.65 bits per heavy atom. The maximum absolute atomic E-state index is 12.3. The van der Waals surface area contributed by atoms with Gasteiger partial charge in [-0.1, -0.05) is 11.3 Å². The number of hydrogen-bond acceptors (Lipinski definition) is 5. The van der Waals surface area contributed by atoms with Crippen LogP contribution in [0, 0.1) is 0 Å². The molecular weight excluding hydrogens is 253 g/mol. The zero-order valence-corrected chi connectivity index (χ0v) is 10.1. The summed E-state index contributed by atoms with van der Waals surface area (Å²) in [4.78, 5) is 1.68. The molecule has 1 aliphatic carbocycles. The first-order valence-electron chi connectivity index (χ1n) is 5.32. The molecule has 1 N–H and O–H groups in total. The summed E-state index contributed by atoms with van der Waals surface area (Å²) in [5, 5.41) is 9.38. The van der Waals surface area contributed by atoms with E-state index < -0.39 is 11.2 Å². The largest absolute Gasteiger partial charge is 0.445 e. The van der Waals surface area contributed by atoms with Crippen molar-refractivity contribution < 1.29 is 13.2 Å². The molecule has 0 amide bonds. The molecule has 4 nitrogen and oxygen atoms in total. The van der Waals surface area contributed by atoms with Gasteiger partial charge in [0.05, 0.1) is 0 Å². The van der Waals surface area contributed by atoms with Crippen LogP contribution in [0.25, 0.3) is 0 Å². The van der Waals surface area contributed by atoms with Crippen molar-refractivity contribution in [3.05, 3.63) is 5.01 Å². The molecule has 0 atom stereocenters. The van der Waals surface area contributed by atoms with E-state index in [1.54, 1.807) is 11.9 Å². The van der Waals surface area contributed by atoms with E-state index in [4.69, 9.17) is 0 Å². The van der Waals surface area contributed by atoms with Gasteiger partial charge < -0.3 is 10.2 Å². The van der Waals surface area contributed by atoms with Crippen molar-refractivity contribution in [1.29, 1.82) is 0 Å². The Morgan fingerprint density at radius 2 is 2.12 bits per heavy atom. The Bertz CT molecular complexity index is 375. The molecule has 1 aliphatic rings. The number of anilines is 1. The van der Waals surface area contributed by atoms with Gasteiger partial charge in [0.1, 0.15) is 0 Å². The second-order valence-electron chi connectivity index (χ2n) is 4.04. The van der Waals surface area contributed by atoms with Crippen LogP contribution in [0.15, 0.2) is 0 Å². The lowest BCUT2D eigenvalue weighted by atomic mass is 10.5. The molecule has 1 aromatic heterocycles. The Balaban J connectivity index is 1.85. The van der Waals surface area contributed by atoms with Gasteiger partial charge in [0.25, 0.3) is 0 Å². The highest BCUT2D eigenvalue weighted by Crippen LogP contribution is 2.33. The van der Waals surface area contributed by atoms with Gasteiger partial charge in [-0.3, -0.25) is 0 Å². The molecule has 96 valence electrons. The van der Waals surface area contributed by atoms with Crippen LogP contribution in [0.3, 0.4) is 0 Å². The summed E-state index contributed by atoms with van der Waals surface area (Å²) in [6.07, 6.45) is -2.01. The highest BCUT2D eigenvalue weighted by atomic mass is 32.1. The fourth-order valence-electron chi connectivity index (χ4n) is 1.30. The third kappa shape index (κ3) is 3.53. The summed E-state index contributed by atoms with van der Waals surface area (Å²) >= 11 is 0.573. The summed E-state index contributed by atoms with van der Waals surface area (Å²) in [6, 6.07) is 0.601. The predicted octanol–water partition coefficient (Wildman–Crippen LogP) is 1.75. The number of likely N-dealkylation sites (N-methyl/N-ethyl adjacent to an activating group) is 1. The van der Waals surface area contributed by atoms with Crippen molar-refractivity contribution >= 4 is 16.5 Å². The summed E-state index contributed by atoms with van der Waals surface area (Å²) in [5.74, 6) is 0. The number of alkyl halides is 3. The van der Waals surface area contributed by atoms with E-state index in [1.807, 2.05) is 0 Å². The molecule has 1 fully saturated rings. The van der Waals surface area contributed by atoms with Gasteiger partial charge >= 0.3 is 6.18 Å². The number of halogens is 3. The third-order valence-corrected chi connectivity index (χ3v) is 3.52. The maximum atomic E-state index is 12.3. The van der Waals surface area contributed by atoms with E-state index >= 15 is 0 Å². The summed E-state index contributed by atoms with van der Waals surface area (Å²) in [7, 11) is 1.72. The number of nitrogens with zero attached hydrogens (tertiary/aromatic N) is 3. The van der Waals surface area contributed by atoms with E-state index in [9.17, 15) is 13.2 Å². The fraction of sp³-hybridized carbons (Fsp3) is 0.778. The zero-order valence-electron chi connectivity index (χ0n) is 9.29. The second-order valence-corrected chi connectivity index (χ2v) is 4.99. The van der Waals surface area contributed by atoms with Gasteiger partial charge in [-0.2, -0.15) is 13.2 Å². The second kappa shape index (κ2) is 4.77. The van der Waals surface area contributed by atoms with Crippen LogP contribution in [0.1, 0.15) is 17.8 Å². The fourth-order valence-corrected chi connectivity index (χ4v) is 2.00. The molecule has 2 rings (SSSR count). The van der Waals surface area contributed by atoms with E-state index in [-0.39, 0.29) is 0 Å². The van der Waals surface area contributed by atoms with Crippen LogP contribution in [0.5, 0.6) is 0 Å². The minimum Gasteiger partial charge on any atom is -0.348 e. The Kier molecular flexibility index (Phi) is 3.53. The minimum atomic E-state index is -4.40. The van der Waals surface area contributed by atoms with Gasteiger partial charge in [0, 0.05) is 26.2 Å². The predicted molar refractivity (Wildman–Crippen MR) is 59.2 cm³/mol. The lowest BCUT2D eigenvalue weighted by molar-refractivity contribution is -0.138. The zero-order chi connectivity index (χ0) is 12.5. The standard InChI is InChI=1S/C9H13F3N4S/c1-16(5-4-13-6-2-3-6)8-15-14-7(17-8)9(10,11)12/h6,13H,2-5H2,1H3. The summed E-state index contributed by atoms with van der Waals surface area (Å²) in [5.41, 5.74) is 0. The molecule has 0 saturated heterocycles. The molecular formula is C9H13F3N4S. The molecule has 1 saturated carbocycles. The Labute approximate surface area is 101 Å². The smallest absolute Gasteiger partial charge is 0.348 e. The minimum absolute atomic E-state index is 0.301. The van der Waals surface area contributed by atoms with Crippen LogP contribution < -0.4 is 10.2 Å². The van der Waals surface area contributed by atoms with E-state index in [0.717, 1.165) is 6.54 Å². The quantitative estimate of drug-likeness (QED) is 0.881. The number of hydrogen-bond donors (Lipinski definition) is 1. The highest BCUT2D eigenvalue weighted by Gasteiger charge is 2.36. The van der Waals surface area contributed by atoms with Crippen molar-refractivity contribution in [2.24, 2.45) is 0 Å². The summed E-state index contributed by atoms with van der Waals surface area (Å²) < 4.78 is 36.9. The molecule has 0 aliphatic heterocycles. The van der Waals surface area contributed by atoms with Crippen LogP contribution in [0.4, 0.5) is 18.3 Å². The lowest BCUT2D eigenvalue weighted by Crippen LogP contribution is -2.30. The maximum Gasteiger partial charge on any atom is 0.445 e. The average molecular weight is 266 g/mol. The molecule has 1 heterocycles. The molecule has 1 aromatic rings. The van der Waals surface area contributed by atoms with Gasteiger partial charge in [-0.05, 0) is 12.8 Å². The molecule has 0 unspecified atom stereocenters. The van der Waals surface area contributed by atoms with E-state index in [1.165, 1.54) is 12.8 Å². The van der Waals surface area contributed by atoms with Gasteiger partial charge in [0.2, 0.25) is 10.1 Å². The molecule has 0 spiro atoms. The van der Waals surface area contributed by atoms with Crippen molar-refractivity contribution in [3.8, 4) is 0 Å². The van der Waals surface area contributed by atoms with Gasteiger partial charge in [-0.15, -0.1) is 10.2 Å². The topological polar surface area (TPSA) is 41.0 Å². The van der Waals surface area contributed by atoms with Gasteiger partial charge in [0.15, 0.2) is 0 Å². The van der Waals surface area contributed by atoms with E-state index in [2.05, 4.69) is 15.5 Å². The monoisotopic (exact) mass is 266 g/mol. The first-order chi connectivity index (χ1) is 7.97. The van der Waals surface area contributed by atoms with Crippen molar-refractivity contribution in [2.75, 3.05) is 25.0 Å². The molecule has 0 radical (unpaired) electrons. The Morgan fingerprint density at radius 1 is 1.41 bits per heavy atom. The first-order valence-corrected chi connectivity index (χ1v) is 6.13. The van der Waals surface area contributed by atoms with Crippen LogP contribution in [-0.4, -0.2) is 36.4 Å². The number of aromatic nitrogens is 2. The molecule has 17 heavy (non-hydrogen) atoms. The number of nitrogens with one attached hydrogen (secondary N) is 1. The van der Waals surface area contributed by atoms with Crippen LogP contribution >= 0.6 is 11.3 Å². The lowest BCUT2D eigenvalue weighted by Gasteiger charge is -2.14. The van der Waals surface area contributed by atoms with Crippen LogP contribution in [-0.2, 0) is 6.18 Å². The summed E-state index contributed by atoms with van der Waals surface area (Å²) in [6.45, 7) is 1.38. The van der Waals surface area contributed by atoms with Crippen molar-refractivity contribution in [1.82, 2.24) is 15.5 Å². The van der Waals surface area contributed by atoms with Crippen LogP contribution in [0.2, 0.25) is 0 Å². The first kappa shape index (κ1) is 12.6. The molecule has 0 aromatic carbocycles. The number of rotatable bonds is 5. The van der Waals surface area contributed by atoms with Crippen molar-refractivity contribution in [2.45, 2.75) is 25.1 Å².